The Bertz CT molecular complexity index is 562. The molecule has 0 spiro atoms. The second-order valence-electron chi connectivity index (χ2n) is 5.87. The van der Waals surface area contributed by atoms with Gasteiger partial charge in [-0.3, -0.25) is 0 Å². The third-order valence-electron chi connectivity index (χ3n) is 3.85. The fraction of sp³-hybridized carbons (Fsp3) is 0.368. The average molecular weight is 346 g/mol. The number of hydrogen-bond acceptors (Lipinski definition) is 1. The fourth-order valence-electron chi connectivity index (χ4n) is 2.61. The molecule has 2 rings (SSSR count). The van der Waals surface area contributed by atoms with Gasteiger partial charge in [0.1, 0.15) is 0 Å². The predicted molar refractivity (Wildman–Crippen MR) is 94.7 cm³/mol. The van der Waals surface area contributed by atoms with E-state index in [1.807, 2.05) is 0 Å². The van der Waals surface area contributed by atoms with E-state index in [1.54, 1.807) is 0 Å². The van der Waals surface area contributed by atoms with E-state index in [1.165, 1.54) is 16.7 Å². The molecule has 2 heteroatoms. The van der Waals surface area contributed by atoms with Crippen LogP contribution in [0.4, 0.5) is 0 Å². The SMILES string of the molecule is Cc1cccc(CCC(C)N[C@H](C)c2ccc(Br)cc2)c1. The average Bonchev–Trinajstić information content (AvgIpc) is 2.46. The zero-order valence-electron chi connectivity index (χ0n) is 13.1. The zero-order valence-corrected chi connectivity index (χ0v) is 14.7. The summed E-state index contributed by atoms with van der Waals surface area (Å²) in [7, 11) is 0. The summed E-state index contributed by atoms with van der Waals surface area (Å²) in [5.74, 6) is 0. The van der Waals surface area contributed by atoms with Gasteiger partial charge in [-0.25, -0.2) is 0 Å². The highest BCUT2D eigenvalue weighted by atomic mass is 79.9. The molecular weight excluding hydrogens is 322 g/mol. The molecule has 2 aromatic rings. The van der Waals surface area contributed by atoms with Crippen LogP contribution in [0.3, 0.4) is 0 Å². The minimum Gasteiger partial charge on any atom is -0.308 e. The van der Waals surface area contributed by atoms with Crippen molar-refractivity contribution < 1.29 is 0 Å². The molecule has 0 aliphatic carbocycles. The molecule has 0 aliphatic heterocycles. The van der Waals surface area contributed by atoms with E-state index >= 15 is 0 Å². The lowest BCUT2D eigenvalue weighted by molar-refractivity contribution is 0.456. The minimum absolute atomic E-state index is 0.380. The maximum absolute atomic E-state index is 3.69. The summed E-state index contributed by atoms with van der Waals surface area (Å²) in [6, 6.07) is 18.2. The van der Waals surface area contributed by atoms with Gasteiger partial charge in [-0.05, 0) is 56.9 Å². The Morgan fingerprint density at radius 3 is 2.43 bits per heavy atom. The molecule has 21 heavy (non-hydrogen) atoms. The van der Waals surface area contributed by atoms with E-state index in [-0.39, 0.29) is 0 Å². The highest BCUT2D eigenvalue weighted by Gasteiger charge is 2.09. The Balaban J connectivity index is 1.83. The van der Waals surface area contributed by atoms with Crippen LogP contribution in [0.2, 0.25) is 0 Å². The van der Waals surface area contributed by atoms with Gasteiger partial charge in [0.15, 0.2) is 0 Å². The van der Waals surface area contributed by atoms with Crippen molar-refractivity contribution in [2.24, 2.45) is 0 Å². The Kier molecular flexibility index (Phi) is 6.01. The molecular formula is C19H24BrN. The van der Waals surface area contributed by atoms with Crippen molar-refractivity contribution in [3.8, 4) is 0 Å². The van der Waals surface area contributed by atoms with Gasteiger partial charge in [0.2, 0.25) is 0 Å². The first kappa shape index (κ1) is 16.3. The van der Waals surface area contributed by atoms with Crippen LogP contribution in [0.5, 0.6) is 0 Å². The maximum atomic E-state index is 3.69. The Morgan fingerprint density at radius 1 is 1.05 bits per heavy atom. The molecule has 0 radical (unpaired) electrons. The third-order valence-corrected chi connectivity index (χ3v) is 4.38. The molecule has 1 unspecified atom stereocenters. The van der Waals surface area contributed by atoms with Gasteiger partial charge >= 0.3 is 0 Å². The molecule has 2 atom stereocenters. The normalized spacial score (nSPS) is 13.9. The largest absolute Gasteiger partial charge is 0.308 e. The van der Waals surface area contributed by atoms with Crippen LogP contribution in [0.1, 0.15) is 43.0 Å². The first-order valence-electron chi connectivity index (χ1n) is 7.61. The van der Waals surface area contributed by atoms with Gasteiger partial charge in [0.05, 0.1) is 0 Å². The molecule has 0 aromatic heterocycles. The fourth-order valence-corrected chi connectivity index (χ4v) is 2.87. The van der Waals surface area contributed by atoms with Crippen LogP contribution < -0.4 is 5.32 Å². The van der Waals surface area contributed by atoms with Crippen molar-refractivity contribution in [3.05, 3.63) is 69.7 Å². The molecule has 1 N–H and O–H groups in total. The molecule has 0 aliphatic rings. The maximum Gasteiger partial charge on any atom is 0.0294 e. The standard InChI is InChI=1S/C19H24BrN/c1-14-5-4-6-17(13-14)8-7-15(2)21-16(3)18-9-11-19(20)12-10-18/h4-6,9-13,15-16,21H,7-8H2,1-3H3/t15?,16-/m1/s1. The third kappa shape index (κ3) is 5.29. The van der Waals surface area contributed by atoms with Gasteiger partial charge in [-0.1, -0.05) is 57.9 Å². The molecule has 0 saturated heterocycles. The number of nitrogens with one attached hydrogen (secondary N) is 1. The van der Waals surface area contributed by atoms with Crippen molar-refractivity contribution in [2.75, 3.05) is 0 Å². The van der Waals surface area contributed by atoms with Crippen molar-refractivity contribution in [1.82, 2.24) is 5.32 Å². The number of halogens is 1. The van der Waals surface area contributed by atoms with E-state index in [0.29, 0.717) is 12.1 Å². The molecule has 0 amide bonds. The molecule has 0 heterocycles. The second-order valence-corrected chi connectivity index (χ2v) is 6.78. The van der Waals surface area contributed by atoms with E-state index in [2.05, 4.69) is 90.5 Å². The van der Waals surface area contributed by atoms with Crippen LogP contribution in [0.15, 0.2) is 53.0 Å². The summed E-state index contributed by atoms with van der Waals surface area (Å²) >= 11 is 3.48. The number of aryl methyl sites for hydroxylation is 2. The van der Waals surface area contributed by atoms with E-state index < -0.39 is 0 Å². The molecule has 2 aromatic carbocycles. The van der Waals surface area contributed by atoms with Crippen LogP contribution >= 0.6 is 15.9 Å². The summed E-state index contributed by atoms with van der Waals surface area (Å²) in [5.41, 5.74) is 4.11. The van der Waals surface area contributed by atoms with Gasteiger partial charge in [0.25, 0.3) is 0 Å². The molecule has 112 valence electrons. The van der Waals surface area contributed by atoms with Crippen molar-refractivity contribution >= 4 is 15.9 Å². The topological polar surface area (TPSA) is 12.0 Å². The first-order valence-corrected chi connectivity index (χ1v) is 8.41. The second kappa shape index (κ2) is 7.77. The quantitative estimate of drug-likeness (QED) is 0.735. The number of rotatable bonds is 6. The summed E-state index contributed by atoms with van der Waals surface area (Å²) < 4.78 is 1.13. The molecule has 1 nitrogen and oxygen atoms in total. The van der Waals surface area contributed by atoms with Crippen LogP contribution in [0.25, 0.3) is 0 Å². The highest BCUT2D eigenvalue weighted by Crippen LogP contribution is 2.18. The Hall–Kier alpha value is -1.12. The van der Waals surface area contributed by atoms with Gasteiger partial charge in [-0.15, -0.1) is 0 Å². The van der Waals surface area contributed by atoms with Crippen molar-refractivity contribution in [3.63, 3.8) is 0 Å². The zero-order chi connectivity index (χ0) is 15.2. The van der Waals surface area contributed by atoms with Crippen LogP contribution in [-0.4, -0.2) is 6.04 Å². The summed E-state index contributed by atoms with van der Waals surface area (Å²) in [6.07, 6.45) is 2.28. The first-order chi connectivity index (χ1) is 10.0. The Morgan fingerprint density at radius 2 is 1.76 bits per heavy atom. The molecule has 0 saturated carbocycles. The highest BCUT2D eigenvalue weighted by molar-refractivity contribution is 9.10. The lowest BCUT2D eigenvalue weighted by atomic mass is 10.0. The monoisotopic (exact) mass is 345 g/mol. The minimum atomic E-state index is 0.380. The predicted octanol–water partition coefficient (Wildman–Crippen LogP) is 5.43. The number of benzene rings is 2. The van der Waals surface area contributed by atoms with Crippen LogP contribution in [0, 0.1) is 6.92 Å². The Labute approximate surface area is 136 Å². The van der Waals surface area contributed by atoms with Crippen molar-refractivity contribution in [1.29, 1.82) is 0 Å². The van der Waals surface area contributed by atoms with E-state index in [9.17, 15) is 0 Å². The van der Waals surface area contributed by atoms with E-state index in [4.69, 9.17) is 0 Å². The lowest BCUT2D eigenvalue weighted by Crippen LogP contribution is -2.29. The van der Waals surface area contributed by atoms with E-state index in [0.717, 1.165) is 17.3 Å². The molecule has 0 fully saturated rings. The summed E-state index contributed by atoms with van der Waals surface area (Å²) in [6.45, 7) is 6.65. The lowest BCUT2D eigenvalue weighted by Gasteiger charge is -2.20. The van der Waals surface area contributed by atoms with Gasteiger partial charge in [0, 0.05) is 16.6 Å². The van der Waals surface area contributed by atoms with Gasteiger partial charge < -0.3 is 5.32 Å². The smallest absolute Gasteiger partial charge is 0.0294 e. The van der Waals surface area contributed by atoms with Gasteiger partial charge in [-0.2, -0.15) is 0 Å². The van der Waals surface area contributed by atoms with Crippen molar-refractivity contribution in [2.45, 2.75) is 45.7 Å². The molecule has 0 bridgehead atoms. The summed E-state index contributed by atoms with van der Waals surface area (Å²) in [4.78, 5) is 0. The number of hydrogen-bond donors (Lipinski definition) is 1. The van der Waals surface area contributed by atoms with Crippen LogP contribution in [-0.2, 0) is 6.42 Å². The summed E-state index contributed by atoms with van der Waals surface area (Å²) in [5, 5.41) is 3.69.